The van der Waals surface area contributed by atoms with Gasteiger partial charge in [0.15, 0.2) is 0 Å². The summed E-state index contributed by atoms with van der Waals surface area (Å²) >= 11 is 0. The molecule has 2 heterocycles. The van der Waals surface area contributed by atoms with Gasteiger partial charge in [-0.25, -0.2) is 0 Å². The van der Waals surface area contributed by atoms with Gasteiger partial charge >= 0.3 is 0 Å². The van der Waals surface area contributed by atoms with Crippen LogP contribution in [0.3, 0.4) is 0 Å². The highest BCUT2D eigenvalue weighted by atomic mass is 16.5. The topological polar surface area (TPSA) is 73.6 Å². The maximum Gasteiger partial charge on any atom is 0.230 e. The maximum absolute atomic E-state index is 13.4. The third-order valence-corrected chi connectivity index (χ3v) is 6.19. The van der Waals surface area contributed by atoms with Gasteiger partial charge in [-0.15, -0.1) is 0 Å². The van der Waals surface area contributed by atoms with Gasteiger partial charge in [0.25, 0.3) is 0 Å². The highest BCUT2D eigenvalue weighted by Gasteiger charge is 2.44. The number of methoxy groups -OCH3 is 1. The van der Waals surface area contributed by atoms with Crippen molar-refractivity contribution in [3.8, 4) is 5.75 Å². The van der Waals surface area contributed by atoms with Gasteiger partial charge in [0.1, 0.15) is 11.5 Å². The SMILES string of the molecule is COc1ccc(C2(C(=O)N[C@H]3COC[C@H]3Cc3cc(C)no3)CCCC2)cc1. The van der Waals surface area contributed by atoms with Crippen LogP contribution in [0.5, 0.6) is 5.75 Å². The Morgan fingerprint density at radius 2 is 2.00 bits per heavy atom. The molecule has 1 aromatic heterocycles. The van der Waals surface area contributed by atoms with Crippen molar-refractivity contribution in [2.75, 3.05) is 20.3 Å². The van der Waals surface area contributed by atoms with E-state index in [-0.39, 0.29) is 17.9 Å². The Kier molecular flexibility index (Phi) is 5.40. The lowest BCUT2D eigenvalue weighted by molar-refractivity contribution is -0.127. The van der Waals surface area contributed by atoms with Gasteiger partial charge in [-0.2, -0.15) is 0 Å². The minimum absolute atomic E-state index is 0.00590. The maximum atomic E-state index is 13.4. The van der Waals surface area contributed by atoms with Crippen LogP contribution in [0.25, 0.3) is 0 Å². The van der Waals surface area contributed by atoms with Gasteiger partial charge in [0.05, 0.1) is 37.5 Å². The van der Waals surface area contributed by atoms with E-state index in [0.717, 1.165) is 54.9 Å². The van der Waals surface area contributed by atoms with Crippen molar-refractivity contribution >= 4 is 5.91 Å². The lowest BCUT2D eigenvalue weighted by atomic mass is 9.77. The highest BCUT2D eigenvalue weighted by Crippen LogP contribution is 2.42. The molecule has 28 heavy (non-hydrogen) atoms. The van der Waals surface area contributed by atoms with Crippen LogP contribution < -0.4 is 10.1 Å². The second-order valence-electron chi connectivity index (χ2n) is 8.03. The average molecular weight is 384 g/mol. The van der Waals surface area contributed by atoms with Gasteiger partial charge in [-0.1, -0.05) is 30.1 Å². The predicted molar refractivity (Wildman–Crippen MR) is 104 cm³/mol. The van der Waals surface area contributed by atoms with E-state index in [1.807, 2.05) is 37.3 Å². The molecular weight excluding hydrogens is 356 g/mol. The summed E-state index contributed by atoms with van der Waals surface area (Å²) in [5, 5.41) is 7.27. The van der Waals surface area contributed by atoms with Crippen LogP contribution in [-0.2, 0) is 21.4 Å². The molecule has 0 radical (unpaired) electrons. The third kappa shape index (κ3) is 3.65. The third-order valence-electron chi connectivity index (χ3n) is 6.19. The standard InChI is InChI=1S/C22H28N2O4/c1-15-11-19(28-24-15)12-16-13-27-14-20(16)23-21(25)22(9-3-4-10-22)17-5-7-18(26-2)8-6-17/h5-8,11,16,20H,3-4,9-10,12-14H2,1-2H3,(H,23,25)/t16-,20+/m1/s1. The number of carbonyl (C=O) groups is 1. The van der Waals surface area contributed by atoms with E-state index in [1.54, 1.807) is 7.11 Å². The first-order valence-corrected chi connectivity index (χ1v) is 10.1. The van der Waals surface area contributed by atoms with Crippen LogP contribution in [0.4, 0.5) is 0 Å². The van der Waals surface area contributed by atoms with Crippen molar-refractivity contribution in [1.82, 2.24) is 10.5 Å². The molecule has 1 saturated heterocycles. The van der Waals surface area contributed by atoms with Crippen LogP contribution in [-0.4, -0.2) is 37.4 Å². The van der Waals surface area contributed by atoms with Gasteiger partial charge in [-0.3, -0.25) is 4.79 Å². The number of hydrogen-bond donors (Lipinski definition) is 1. The Morgan fingerprint density at radius 1 is 1.25 bits per heavy atom. The molecule has 6 nitrogen and oxygen atoms in total. The van der Waals surface area contributed by atoms with Crippen LogP contribution in [0, 0.1) is 12.8 Å². The molecule has 0 spiro atoms. The normalized spacial score (nSPS) is 23.6. The van der Waals surface area contributed by atoms with Gasteiger partial charge in [-0.05, 0) is 37.5 Å². The minimum Gasteiger partial charge on any atom is -0.497 e. The summed E-state index contributed by atoms with van der Waals surface area (Å²) in [4.78, 5) is 13.4. The zero-order valence-electron chi connectivity index (χ0n) is 16.6. The zero-order valence-corrected chi connectivity index (χ0v) is 16.6. The molecule has 1 aliphatic heterocycles. The van der Waals surface area contributed by atoms with Crippen LogP contribution in [0.1, 0.15) is 42.7 Å². The van der Waals surface area contributed by atoms with Crippen molar-refractivity contribution < 1.29 is 18.8 Å². The summed E-state index contributed by atoms with van der Waals surface area (Å²) < 4.78 is 16.3. The zero-order chi connectivity index (χ0) is 19.6. The lowest BCUT2D eigenvalue weighted by Crippen LogP contribution is -2.49. The minimum atomic E-state index is -0.456. The molecular formula is C22H28N2O4. The molecule has 4 rings (SSSR count). The van der Waals surface area contributed by atoms with Crippen LogP contribution in [0.15, 0.2) is 34.9 Å². The second-order valence-corrected chi connectivity index (χ2v) is 8.03. The monoisotopic (exact) mass is 384 g/mol. The van der Waals surface area contributed by atoms with Crippen molar-refractivity contribution in [1.29, 1.82) is 0 Å². The Morgan fingerprint density at radius 3 is 2.64 bits per heavy atom. The number of nitrogens with one attached hydrogen (secondary N) is 1. The molecule has 2 aliphatic rings. The van der Waals surface area contributed by atoms with Crippen LogP contribution in [0.2, 0.25) is 0 Å². The summed E-state index contributed by atoms with van der Waals surface area (Å²) in [6, 6.07) is 9.89. The van der Waals surface area contributed by atoms with E-state index in [9.17, 15) is 4.79 Å². The molecule has 0 bridgehead atoms. The summed E-state index contributed by atoms with van der Waals surface area (Å²) in [6.07, 6.45) is 4.62. The number of hydrogen-bond acceptors (Lipinski definition) is 5. The van der Waals surface area contributed by atoms with E-state index >= 15 is 0 Å². The number of nitrogens with zero attached hydrogens (tertiary/aromatic N) is 1. The Hall–Kier alpha value is -2.34. The van der Waals surface area contributed by atoms with Crippen molar-refractivity contribution in [2.24, 2.45) is 5.92 Å². The number of aryl methyl sites for hydroxylation is 1. The van der Waals surface area contributed by atoms with Gasteiger partial charge in [0.2, 0.25) is 5.91 Å². The number of rotatable bonds is 6. The van der Waals surface area contributed by atoms with E-state index in [1.165, 1.54) is 0 Å². The number of amides is 1. The molecule has 2 atom stereocenters. The Balaban J connectivity index is 1.49. The molecule has 1 aromatic carbocycles. The van der Waals surface area contributed by atoms with E-state index < -0.39 is 5.41 Å². The second kappa shape index (κ2) is 7.95. The molecule has 1 saturated carbocycles. The smallest absolute Gasteiger partial charge is 0.230 e. The van der Waals surface area contributed by atoms with Gasteiger partial charge in [0, 0.05) is 18.4 Å². The number of benzene rings is 1. The molecule has 1 amide bonds. The Labute approximate surface area is 165 Å². The van der Waals surface area contributed by atoms with Crippen LogP contribution >= 0.6 is 0 Å². The summed E-state index contributed by atoms with van der Waals surface area (Å²) in [5.74, 6) is 1.97. The summed E-state index contributed by atoms with van der Waals surface area (Å²) in [7, 11) is 1.66. The lowest BCUT2D eigenvalue weighted by Gasteiger charge is -2.31. The summed E-state index contributed by atoms with van der Waals surface area (Å²) in [5.41, 5.74) is 1.49. The fraction of sp³-hybridized carbons (Fsp3) is 0.545. The first kappa shape index (κ1) is 19.0. The Bertz CT molecular complexity index is 808. The molecule has 1 N–H and O–H groups in total. The molecule has 1 aliphatic carbocycles. The highest BCUT2D eigenvalue weighted by molar-refractivity contribution is 5.89. The first-order valence-electron chi connectivity index (χ1n) is 10.1. The van der Waals surface area contributed by atoms with Gasteiger partial charge < -0.3 is 19.3 Å². The quantitative estimate of drug-likeness (QED) is 0.828. The fourth-order valence-electron chi connectivity index (χ4n) is 4.57. The predicted octanol–water partition coefficient (Wildman–Crippen LogP) is 3.18. The number of carbonyl (C=O) groups excluding carboxylic acids is 1. The fourth-order valence-corrected chi connectivity index (χ4v) is 4.57. The molecule has 2 fully saturated rings. The molecule has 2 aromatic rings. The molecule has 0 unspecified atom stereocenters. The van der Waals surface area contributed by atoms with E-state index in [0.29, 0.717) is 13.2 Å². The van der Waals surface area contributed by atoms with Crippen molar-refractivity contribution in [2.45, 2.75) is 50.5 Å². The molecule has 150 valence electrons. The number of aromatic nitrogens is 1. The summed E-state index contributed by atoms with van der Waals surface area (Å²) in [6.45, 7) is 3.08. The van der Waals surface area contributed by atoms with E-state index in [4.69, 9.17) is 14.0 Å². The molecule has 6 heteroatoms. The van der Waals surface area contributed by atoms with E-state index in [2.05, 4.69) is 10.5 Å². The first-order chi connectivity index (χ1) is 13.6. The largest absolute Gasteiger partial charge is 0.497 e. The van der Waals surface area contributed by atoms with Crippen molar-refractivity contribution in [3.05, 3.63) is 47.3 Å². The average Bonchev–Trinajstić information content (AvgIpc) is 3.45. The van der Waals surface area contributed by atoms with Crippen molar-refractivity contribution in [3.63, 3.8) is 0 Å². The number of ether oxygens (including phenoxy) is 2.